The van der Waals surface area contributed by atoms with Crippen molar-refractivity contribution in [3.8, 4) is 0 Å². The van der Waals surface area contributed by atoms with E-state index in [-0.39, 0.29) is 11.5 Å². The second-order valence-electron chi connectivity index (χ2n) is 4.95. The molecule has 0 radical (unpaired) electrons. The second kappa shape index (κ2) is 7.04. The molecular weight excluding hydrogens is 284 g/mol. The summed E-state index contributed by atoms with van der Waals surface area (Å²) in [5.74, 6) is -0.224. The van der Waals surface area contributed by atoms with E-state index in [1.807, 2.05) is 7.05 Å². The van der Waals surface area contributed by atoms with Crippen LogP contribution in [-0.4, -0.2) is 35.6 Å². The van der Waals surface area contributed by atoms with Gasteiger partial charge in [-0.2, -0.15) is 0 Å². The number of hydrogen-bond donors (Lipinski definition) is 3. The fraction of sp³-hybridized carbons (Fsp3) is 0.400. The van der Waals surface area contributed by atoms with Crippen molar-refractivity contribution in [2.24, 2.45) is 0 Å². The quantitative estimate of drug-likeness (QED) is 0.657. The summed E-state index contributed by atoms with van der Waals surface area (Å²) in [5.41, 5.74) is -0.0161. The predicted octanol–water partition coefficient (Wildman–Crippen LogP) is 0.0490. The molecule has 3 N–H and O–H groups in total. The largest absolute Gasteiger partial charge is 0.352 e. The highest BCUT2D eigenvalue weighted by Crippen LogP contribution is 2.09. The van der Waals surface area contributed by atoms with Crippen molar-refractivity contribution in [1.82, 2.24) is 20.2 Å². The molecule has 0 aliphatic carbocycles. The maximum atomic E-state index is 12.1. The standard InChI is InChI=1S/C15H20N4O3/c1-3-19-14(21)11-6-5-10(9-12(11)18-15(19)22)13(20)17-8-4-7-16-2/h5-6,9,16H,3-4,7-8H2,1-2H3,(H,17,20)(H,18,22). The van der Waals surface area contributed by atoms with Gasteiger partial charge in [0.2, 0.25) is 0 Å². The Labute approximate surface area is 127 Å². The van der Waals surface area contributed by atoms with Crippen molar-refractivity contribution in [1.29, 1.82) is 0 Å². The zero-order valence-corrected chi connectivity index (χ0v) is 12.7. The van der Waals surface area contributed by atoms with E-state index in [2.05, 4.69) is 15.6 Å². The Hall–Kier alpha value is -2.41. The van der Waals surface area contributed by atoms with Crippen molar-refractivity contribution in [3.05, 3.63) is 44.6 Å². The van der Waals surface area contributed by atoms with Crippen LogP contribution in [0.2, 0.25) is 0 Å². The van der Waals surface area contributed by atoms with Crippen LogP contribution in [-0.2, 0) is 6.54 Å². The summed E-state index contributed by atoms with van der Waals surface area (Å²) in [7, 11) is 1.85. The molecule has 118 valence electrons. The van der Waals surface area contributed by atoms with Gasteiger partial charge in [-0.25, -0.2) is 4.79 Å². The molecule has 0 bridgehead atoms. The third kappa shape index (κ3) is 3.25. The van der Waals surface area contributed by atoms with Gasteiger partial charge < -0.3 is 15.6 Å². The maximum Gasteiger partial charge on any atom is 0.328 e. The van der Waals surface area contributed by atoms with Gasteiger partial charge in [-0.1, -0.05) is 0 Å². The molecule has 0 aliphatic rings. The monoisotopic (exact) mass is 304 g/mol. The van der Waals surface area contributed by atoms with Crippen molar-refractivity contribution < 1.29 is 4.79 Å². The van der Waals surface area contributed by atoms with Gasteiger partial charge in [0.15, 0.2) is 0 Å². The van der Waals surface area contributed by atoms with Crippen LogP contribution in [0.25, 0.3) is 10.9 Å². The number of benzene rings is 1. The van der Waals surface area contributed by atoms with Gasteiger partial charge in [-0.05, 0) is 45.1 Å². The number of carbonyl (C=O) groups is 1. The Bertz CT molecular complexity index is 791. The SMILES string of the molecule is CCn1c(=O)[nH]c2cc(C(=O)NCCCNC)ccc2c1=O. The molecule has 0 saturated carbocycles. The normalized spacial score (nSPS) is 10.8. The van der Waals surface area contributed by atoms with E-state index in [9.17, 15) is 14.4 Å². The Morgan fingerprint density at radius 2 is 2.05 bits per heavy atom. The molecule has 0 atom stereocenters. The molecular formula is C15H20N4O3. The first-order valence-electron chi connectivity index (χ1n) is 7.28. The first-order chi connectivity index (χ1) is 10.6. The summed E-state index contributed by atoms with van der Waals surface area (Å²) in [6.07, 6.45) is 0.827. The molecule has 22 heavy (non-hydrogen) atoms. The van der Waals surface area contributed by atoms with E-state index < -0.39 is 5.69 Å². The number of nitrogens with one attached hydrogen (secondary N) is 3. The highest BCUT2D eigenvalue weighted by Gasteiger charge is 2.10. The number of fused-ring (bicyclic) bond motifs is 1. The van der Waals surface area contributed by atoms with Gasteiger partial charge in [0.05, 0.1) is 10.9 Å². The van der Waals surface area contributed by atoms with Crippen molar-refractivity contribution in [2.75, 3.05) is 20.1 Å². The van der Waals surface area contributed by atoms with E-state index in [1.54, 1.807) is 19.1 Å². The molecule has 7 nitrogen and oxygen atoms in total. The van der Waals surface area contributed by atoms with E-state index in [1.165, 1.54) is 6.07 Å². The minimum absolute atomic E-state index is 0.224. The van der Waals surface area contributed by atoms with Crippen LogP contribution in [0.3, 0.4) is 0 Å². The summed E-state index contributed by atoms with van der Waals surface area (Å²) < 4.78 is 1.12. The molecule has 7 heteroatoms. The molecule has 1 amide bonds. The predicted molar refractivity (Wildman–Crippen MR) is 85.4 cm³/mol. The first-order valence-corrected chi connectivity index (χ1v) is 7.28. The number of H-pyrrole nitrogens is 1. The van der Waals surface area contributed by atoms with E-state index in [0.29, 0.717) is 29.6 Å². The van der Waals surface area contributed by atoms with Crippen LogP contribution in [0.1, 0.15) is 23.7 Å². The van der Waals surface area contributed by atoms with Gasteiger partial charge >= 0.3 is 5.69 Å². The molecule has 2 rings (SSSR count). The zero-order chi connectivity index (χ0) is 16.1. The Morgan fingerprint density at radius 3 is 2.73 bits per heavy atom. The summed E-state index contributed by atoms with van der Waals surface area (Å²) >= 11 is 0. The number of aromatic nitrogens is 2. The van der Waals surface area contributed by atoms with Crippen LogP contribution >= 0.6 is 0 Å². The number of hydrogen-bond acceptors (Lipinski definition) is 4. The van der Waals surface area contributed by atoms with Crippen molar-refractivity contribution in [2.45, 2.75) is 19.9 Å². The van der Waals surface area contributed by atoms with Gasteiger partial charge in [0.1, 0.15) is 0 Å². The molecule has 0 unspecified atom stereocenters. The van der Waals surface area contributed by atoms with E-state index >= 15 is 0 Å². The number of carbonyl (C=O) groups excluding carboxylic acids is 1. The lowest BCUT2D eigenvalue weighted by molar-refractivity contribution is 0.0953. The third-order valence-corrected chi connectivity index (χ3v) is 3.45. The van der Waals surface area contributed by atoms with Crippen LogP contribution in [0.15, 0.2) is 27.8 Å². The fourth-order valence-corrected chi connectivity index (χ4v) is 2.25. The summed E-state index contributed by atoms with van der Waals surface area (Å²) in [6.45, 7) is 3.42. The number of aromatic amines is 1. The smallest absolute Gasteiger partial charge is 0.328 e. The minimum atomic E-state index is -0.466. The molecule has 0 saturated heterocycles. The second-order valence-corrected chi connectivity index (χ2v) is 4.95. The van der Waals surface area contributed by atoms with E-state index in [4.69, 9.17) is 0 Å². The van der Waals surface area contributed by atoms with Crippen molar-refractivity contribution in [3.63, 3.8) is 0 Å². The Balaban J connectivity index is 2.29. The Kier molecular flexibility index (Phi) is 5.11. The van der Waals surface area contributed by atoms with Crippen LogP contribution in [0.5, 0.6) is 0 Å². The summed E-state index contributed by atoms with van der Waals surface area (Å²) in [6, 6.07) is 4.70. The Morgan fingerprint density at radius 1 is 1.27 bits per heavy atom. The average Bonchev–Trinajstić information content (AvgIpc) is 2.51. The highest BCUT2D eigenvalue weighted by molar-refractivity contribution is 5.97. The average molecular weight is 304 g/mol. The molecule has 1 aromatic carbocycles. The van der Waals surface area contributed by atoms with Crippen LogP contribution < -0.4 is 21.9 Å². The molecule has 1 heterocycles. The van der Waals surface area contributed by atoms with Crippen molar-refractivity contribution >= 4 is 16.8 Å². The third-order valence-electron chi connectivity index (χ3n) is 3.45. The summed E-state index contributed by atoms with van der Waals surface area (Å²) in [4.78, 5) is 38.6. The van der Waals surface area contributed by atoms with Gasteiger partial charge in [-0.3, -0.25) is 14.2 Å². The fourth-order valence-electron chi connectivity index (χ4n) is 2.25. The lowest BCUT2D eigenvalue weighted by atomic mass is 10.1. The molecule has 2 aromatic rings. The lowest BCUT2D eigenvalue weighted by Gasteiger charge is -2.07. The van der Waals surface area contributed by atoms with Gasteiger partial charge in [0, 0.05) is 18.7 Å². The maximum absolute atomic E-state index is 12.1. The molecule has 0 spiro atoms. The van der Waals surface area contributed by atoms with Crippen LogP contribution in [0, 0.1) is 0 Å². The lowest BCUT2D eigenvalue weighted by Crippen LogP contribution is -2.34. The van der Waals surface area contributed by atoms with Gasteiger partial charge in [0.25, 0.3) is 11.5 Å². The molecule has 0 fully saturated rings. The first kappa shape index (κ1) is 16.0. The van der Waals surface area contributed by atoms with Gasteiger partial charge in [-0.15, -0.1) is 0 Å². The molecule has 0 aliphatic heterocycles. The van der Waals surface area contributed by atoms with Crippen LogP contribution in [0.4, 0.5) is 0 Å². The number of rotatable bonds is 6. The molecule has 1 aromatic heterocycles. The number of nitrogens with zero attached hydrogens (tertiary/aromatic N) is 1. The van der Waals surface area contributed by atoms with E-state index in [0.717, 1.165) is 17.5 Å². The zero-order valence-electron chi connectivity index (χ0n) is 12.7. The summed E-state index contributed by atoms with van der Waals surface area (Å²) in [5, 5.41) is 6.19. The minimum Gasteiger partial charge on any atom is -0.352 e. The topological polar surface area (TPSA) is 96.0 Å². The number of amides is 1. The highest BCUT2D eigenvalue weighted by atomic mass is 16.2.